The third-order valence-electron chi connectivity index (χ3n) is 2.52. The minimum Gasteiger partial charge on any atom is -0.456 e. The molecule has 0 bridgehead atoms. The van der Waals surface area contributed by atoms with E-state index in [0.717, 1.165) is 0 Å². The maximum Gasteiger partial charge on any atom is 0.291 e. The number of hydrogen-bond donors (Lipinski definition) is 3. The van der Waals surface area contributed by atoms with E-state index in [1.54, 1.807) is 43.3 Å². The Morgan fingerprint density at radius 2 is 2.05 bits per heavy atom. The van der Waals surface area contributed by atoms with Crippen LogP contribution in [0.25, 0.3) is 0 Å². The number of nitrogens with one attached hydrogen (secondary N) is 1. The molecule has 6 nitrogen and oxygen atoms in total. The highest BCUT2D eigenvalue weighted by Gasteiger charge is 2.13. The van der Waals surface area contributed by atoms with E-state index in [2.05, 4.69) is 10.5 Å². The van der Waals surface area contributed by atoms with Gasteiger partial charge in [-0.15, -0.1) is 0 Å². The van der Waals surface area contributed by atoms with Gasteiger partial charge in [0.2, 0.25) is 0 Å². The number of nitrogens with two attached hydrogens (primary N) is 1. The predicted octanol–water partition coefficient (Wildman–Crippen LogP) is 1.93. The molecule has 98 valence electrons. The number of carbonyl (C=O) groups excluding carboxylic acids is 1. The van der Waals surface area contributed by atoms with Crippen LogP contribution in [0.1, 0.15) is 21.9 Å². The van der Waals surface area contributed by atoms with Gasteiger partial charge < -0.3 is 20.7 Å². The van der Waals surface area contributed by atoms with Crippen LogP contribution in [0, 0.1) is 6.92 Å². The van der Waals surface area contributed by atoms with Crippen molar-refractivity contribution in [1.82, 2.24) is 0 Å². The number of carbonyl (C=O) groups is 1. The summed E-state index contributed by atoms with van der Waals surface area (Å²) in [6.45, 7) is 1.75. The molecule has 0 unspecified atom stereocenters. The van der Waals surface area contributed by atoms with Crippen molar-refractivity contribution in [3.8, 4) is 0 Å². The molecular weight excluding hydrogens is 246 g/mol. The lowest BCUT2D eigenvalue weighted by molar-refractivity contribution is 0.0995. The van der Waals surface area contributed by atoms with Crippen molar-refractivity contribution in [3.63, 3.8) is 0 Å². The Kier molecular flexibility index (Phi) is 3.51. The fraction of sp³-hybridized carbons (Fsp3) is 0.0769. The number of anilines is 1. The summed E-state index contributed by atoms with van der Waals surface area (Å²) in [4.78, 5) is 11.9. The molecule has 0 atom stereocenters. The Labute approximate surface area is 109 Å². The summed E-state index contributed by atoms with van der Waals surface area (Å²) in [5, 5.41) is 14.3. The molecule has 1 aromatic heterocycles. The second-order valence-electron chi connectivity index (χ2n) is 3.90. The number of hydrogen-bond acceptors (Lipinski definition) is 4. The topological polar surface area (TPSA) is 101 Å². The van der Waals surface area contributed by atoms with E-state index >= 15 is 0 Å². The van der Waals surface area contributed by atoms with Crippen LogP contribution in [0.4, 0.5) is 5.69 Å². The lowest BCUT2D eigenvalue weighted by Crippen LogP contribution is -2.18. The highest BCUT2D eigenvalue weighted by molar-refractivity contribution is 6.08. The fourth-order valence-electron chi connectivity index (χ4n) is 1.61. The second-order valence-corrected chi connectivity index (χ2v) is 3.90. The first-order chi connectivity index (χ1) is 9.11. The molecule has 0 fully saturated rings. The lowest BCUT2D eigenvalue weighted by atomic mass is 10.1. The van der Waals surface area contributed by atoms with Gasteiger partial charge in [0.25, 0.3) is 5.91 Å². The van der Waals surface area contributed by atoms with Gasteiger partial charge in [-0.05, 0) is 31.2 Å². The summed E-state index contributed by atoms with van der Waals surface area (Å²) in [5.41, 5.74) is 6.41. The van der Waals surface area contributed by atoms with Gasteiger partial charge in [0.1, 0.15) is 5.76 Å². The number of rotatable bonds is 3. The van der Waals surface area contributed by atoms with E-state index in [0.29, 0.717) is 17.0 Å². The van der Waals surface area contributed by atoms with Crippen molar-refractivity contribution >= 4 is 17.4 Å². The molecule has 1 heterocycles. The molecule has 2 aromatic rings. The average Bonchev–Trinajstić information content (AvgIpc) is 2.85. The molecule has 0 aliphatic rings. The average molecular weight is 259 g/mol. The van der Waals surface area contributed by atoms with Crippen LogP contribution < -0.4 is 11.1 Å². The summed E-state index contributed by atoms with van der Waals surface area (Å²) in [6.07, 6.45) is 0. The number of nitrogens with zero attached hydrogens (tertiary/aromatic N) is 1. The number of amidine groups is 1. The maximum atomic E-state index is 11.9. The molecule has 0 spiro atoms. The lowest BCUT2D eigenvalue weighted by Gasteiger charge is -2.08. The SMILES string of the molecule is Cc1ccc(C(=O)Nc2ccccc2/C(N)=N/O)o1. The summed E-state index contributed by atoms with van der Waals surface area (Å²) >= 11 is 0. The van der Waals surface area contributed by atoms with Crippen LogP contribution in [0.5, 0.6) is 0 Å². The molecular formula is C13H13N3O3. The largest absolute Gasteiger partial charge is 0.456 e. The Hall–Kier alpha value is -2.76. The Morgan fingerprint density at radius 3 is 2.68 bits per heavy atom. The van der Waals surface area contributed by atoms with Crippen LogP contribution in [-0.2, 0) is 0 Å². The number of furan rings is 1. The summed E-state index contributed by atoms with van der Waals surface area (Å²) in [5.74, 6) is 0.375. The second kappa shape index (κ2) is 5.26. The molecule has 0 aliphatic carbocycles. The zero-order chi connectivity index (χ0) is 13.8. The molecule has 1 amide bonds. The highest BCUT2D eigenvalue weighted by atomic mass is 16.4. The normalized spacial score (nSPS) is 11.3. The van der Waals surface area contributed by atoms with Gasteiger partial charge in [-0.3, -0.25) is 4.79 Å². The fourth-order valence-corrected chi connectivity index (χ4v) is 1.61. The predicted molar refractivity (Wildman–Crippen MR) is 70.4 cm³/mol. The first-order valence-corrected chi connectivity index (χ1v) is 5.56. The number of amides is 1. The first kappa shape index (κ1) is 12.7. The molecule has 0 saturated heterocycles. The minimum atomic E-state index is -0.397. The van der Waals surface area contributed by atoms with E-state index in [4.69, 9.17) is 15.4 Å². The van der Waals surface area contributed by atoms with Gasteiger partial charge in [0.05, 0.1) is 5.69 Å². The smallest absolute Gasteiger partial charge is 0.291 e. The summed E-state index contributed by atoms with van der Waals surface area (Å²) < 4.78 is 5.22. The van der Waals surface area contributed by atoms with Gasteiger partial charge in [-0.25, -0.2) is 0 Å². The Bertz CT molecular complexity index is 632. The third-order valence-corrected chi connectivity index (χ3v) is 2.52. The van der Waals surface area contributed by atoms with Crippen molar-refractivity contribution in [3.05, 3.63) is 53.5 Å². The van der Waals surface area contributed by atoms with Crippen molar-refractivity contribution < 1.29 is 14.4 Å². The molecule has 6 heteroatoms. The molecule has 19 heavy (non-hydrogen) atoms. The minimum absolute atomic E-state index is 0.0773. The van der Waals surface area contributed by atoms with Crippen LogP contribution in [0.3, 0.4) is 0 Å². The molecule has 4 N–H and O–H groups in total. The van der Waals surface area contributed by atoms with Crippen LogP contribution in [-0.4, -0.2) is 17.0 Å². The van der Waals surface area contributed by atoms with E-state index in [1.807, 2.05) is 0 Å². The van der Waals surface area contributed by atoms with Gasteiger partial charge >= 0.3 is 0 Å². The highest BCUT2D eigenvalue weighted by Crippen LogP contribution is 2.16. The quantitative estimate of drug-likeness (QED) is 0.339. The van der Waals surface area contributed by atoms with E-state index in [9.17, 15) is 4.79 Å². The van der Waals surface area contributed by atoms with Crippen molar-refractivity contribution in [2.75, 3.05) is 5.32 Å². The standard InChI is InChI=1S/C13H13N3O3/c1-8-6-7-11(19-8)13(17)15-10-5-3-2-4-9(10)12(14)16-18/h2-7,18H,1H3,(H2,14,16)(H,15,17). The molecule has 1 aromatic carbocycles. The van der Waals surface area contributed by atoms with Crippen molar-refractivity contribution in [2.45, 2.75) is 6.92 Å². The number of aryl methyl sites for hydroxylation is 1. The molecule has 0 saturated carbocycles. The van der Waals surface area contributed by atoms with Crippen LogP contribution in [0.15, 0.2) is 46.0 Å². The van der Waals surface area contributed by atoms with Crippen LogP contribution >= 0.6 is 0 Å². The van der Waals surface area contributed by atoms with Gasteiger partial charge in [0.15, 0.2) is 11.6 Å². The first-order valence-electron chi connectivity index (χ1n) is 5.56. The van der Waals surface area contributed by atoms with E-state index in [1.165, 1.54) is 0 Å². The zero-order valence-electron chi connectivity index (χ0n) is 10.3. The number of oxime groups is 1. The van der Waals surface area contributed by atoms with Gasteiger partial charge in [0, 0.05) is 5.56 Å². The van der Waals surface area contributed by atoms with Gasteiger partial charge in [-0.2, -0.15) is 0 Å². The summed E-state index contributed by atoms with van der Waals surface area (Å²) in [7, 11) is 0. The van der Waals surface area contributed by atoms with Gasteiger partial charge in [-0.1, -0.05) is 17.3 Å². The monoisotopic (exact) mass is 259 g/mol. The number of para-hydroxylation sites is 1. The van der Waals surface area contributed by atoms with Crippen molar-refractivity contribution in [1.29, 1.82) is 0 Å². The summed E-state index contributed by atoms with van der Waals surface area (Å²) in [6, 6.07) is 10.0. The zero-order valence-corrected chi connectivity index (χ0v) is 10.3. The number of benzene rings is 1. The molecule has 2 rings (SSSR count). The van der Waals surface area contributed by atoms with E-state index < -0.39 is 5.91 Å². The Morgan fingerprint density at radius 1 is 1.32 bits per heavy atom. The third kappa shape index (κ3) is 2.74. The van der Waals surface area contributed by atoms with Crippen molar-refractivity contribution in [2.24, 2.45) is 10.9 Å². The van der Waals surface area contributed by atoms with E-state index in [-0.39, 0.29) is 11.6 Å². The molecule has 0 aliphatic heterocycles. The van der Waals surface area contributed by atoms with Crippen LogP contribution in [0.2, 0.25) is 0 Å². The Balaban J connectivity index is 2.27. The molecule has 0 radical (unpaired) electrons. The maximum absolute atomic E-state index is 11.9.